The van der Waals surface area contributed by atoms with Crippen molar-refractivity contribution in [3.63, 3.8) is 0 Å². The molecule has 1 aliphatic rings. The Morgan fingerprint density at radius 3 is 2.47 bits per heavy atom. The number of ether oxygens (including phenoxy) is 3. The van der Waals surface area contributed by atoms with Crippen molar-refractivity contribution in [1.29, 1.82) is 0 Å². The lowest BCUT2D eigenvalue weighted by Gasteiger charge is -2.32. The maximum absolute atomic E-state index is 12.7. The Morgan fingerprint density at radius 1 is 1.21 bits per heavy atom. The number of allylic oxidation sites excluding steroid dienone is 3. The first kappa shape index (κ1) is 36.7. The zero-order valence-corrected chi connectivity index (χ0v) is 28.0. The number of cyclic esters (lactones) is 1. The highest BCUT2D eigenvalue weighted by Crippen LogP contribution is 2.38. The molecule has 0 saturated carbocycles. The largest absolute Gasteiger partial charge is 0.519 e. The smallest absolute Gasteiger partial charge is 0.457 e. The van der Waals surface area contributed by atoms with Crippen LogP contribution < -0.4 is 5.82 Å². The first-order valence-corrected chi connectivity index (χ1v) is 15.6. The number of methoxy groups -OCH3 is 1. The fourth-order valence-electron chi connectivity index (χ4n) is 5.18. The van der Waals surface area contributed by atoms with Crippen LogP contribution in [0.5, 0.6) is 0 Å². The van der Waals surface area contributed by atoms with E-state index in [-0.39, 0.29) is 47.9 Å². The normalized spacial score (nSPS) is 29.6. The second-order valence-electron chi connectivity index (χ2n) is 11.6. The number of halogens is 1. The van der Waals surface area contributed by atoms with E-state index in [2.05, 4.69) is 15.9 Å². The maximum Gasteiger partial charge on any atom is 0.519 e. The van der Waals surface area contributed by atoms with Crippen molar-refractivity contribution >= 4 is 27.9 Å². The Bertz CT molecular complexity index is 1200. The summed E-state index contributed by atoms with van der Waals surface area (Å²) in [5.41, 5.74) is -0.734. The second-order valence-corrected chi connectivity index (χ2v) is 12.6. The third kappa shape index (κ3) is 10.6. The minimum atomic E-state index is -1.45. The van der Waals surface area contributed by atoms with Gasteiger partial charge in [-0.3, -0.25) is 9.59 Å². The minimum Gasteiger partial charge on any atom is -0.457 e. The number of esters is 2. The molecule has 0 amide bonds. The zero-order valence-electron chi connectivity index (χ0n) is 26.4. The highest BCUT2D eigenvalue weighted by Gasteiger charge is 2.35. The van der Waals surface area contributed by atoms with Gasteiger partial charge >= 0.3 is 17.8 Å². The number of alkyl halides is 1. The molecule has 2 N–H and O–H groups in total. The third-order valence-corrected chi connectivity index (χ3v) is 9.12. The van der Waals surface area contributed by atoms with Crippen molar-refractivity contribution in [2.45, 2.75) is 115 Å². The molecule has 0 radical (unpaired) electrons. The quantitative estimate of drug-likeness (QED) is 0.138. The van der Waals surface area contributed by atoms with Crippen LogP contribution in [0.1, 0.15) is 96.4 Å². The van der Waals surface area contributed by atoms with Gasteiger partial charge in [0.15, 0.2) is 11.5 Å². The summed E-state index contributed by atoms with van der Waals surface area (Å²) in [5, 5.41) is 21.4. The molecule has 0 spiro atoms. The Balaban J connectivity index is 2.34. The first-order chi connectivity index (χ1) is 20.1. The van der Waals surface area contributed by atoms with E-state index in [0.717, 1.165) is 6.42 Å². The zero-order chi connectivity index (χ0) is 32.5. The molecule has 0 aromatic carbocycles. The Hall–Kier alpha value is -2.47. The number of hydrogen-bond acceptors (Lipinski definition) is 10. The van der Waals surface area contributed by atoms with E-state index in [1.54, 1.807) is 31.4 Å². The van der Waals surface area contributed by atoms with Crippen molar-refractivity contribution in [2.24, 2.45) is 11.8 Å². The van der Waals surface area contributed by atoms with Crippen LogP contribution >= 0.6 is 15.9 Å². The Kier molecular flexibility index (Phi) is 14.1. The van der Waals surface area contributed by atoms with Gasteiger partial charge in [0.2, 0.25) is 0 Å². The average molecular weight is 672 g/mol. The topological polar surface area (TPSA) is 146 Å². The van der Waals surface area contributed by atoms with Gasteiger partial charge in [0.05, 0.1) is 23.5 Å². The summed E-state index contributed by atoms with van der Waals surface area (Å²) in [6, 6.07) is 0. The molecule has 0 aliphatic carbocycles. The fourth-order valence-corrected chi connectivity index (χ4v) is 5.84. The number of carbonyl (C=O) groups is 2. The third-order valence-electron chi connectivity index (χ3n) is 7.87. The molecule has 9 atom stereocenters. The molecule has 1 aliphatic heterocycles. The van der Waals surface area contributed by atoms with Crippen molar-refractivity contribution in [1.82, 2.24) is 0 Å². The van der Waals surface area contributed by atoms with Gasteiger partial charge in [0.25, 0.3) is 0 Å². The van der Waals surface area contributed by atoms with E-state index in [4.69, 9.17) is 23.0 Å². The first-order valence-electron chi connectivity index (χ1n) is 14.7. The summed E-state index contributed by atoms with van der Waals surface area (Å²) in [7, 11) is 1.65. The van der Waals surface area contributed by atoms with Gasteiger partial charge in [-0.1, -0.05) is 67.9 Å². The molecule has 43 heavy (non-hydrogen) atoms. The van der Waals surface area contributed by atoms with Gasteiger partial charge in [-0.2, -0.15) is 0 Å². The number of rotatable bonds is 10. The molecular formula is C32H47BrO10. The van der Waals surface area contributed by atoms with E-state index in [1.807, 2.05) is 40.7 Å². The van der Waals surface area contributed by atoms with Gasteiger partial charge in [0.1, 0.15) is 17.8 Å². The van der Waals surface area contributed by atoms with Crippen LogP contribution in [0, 0.1) is 11.8 Å². The van der Waals surface area contributed by atoms with E-state index >= 15 is 0 Å². The molecule has 0 fully saturated rings. The lowest BCUT2D eigenvalue weighted by atomic mass is 9.88. The fraction of sp³-hybridized carbons (Fsp3) is 0.656. The van der Waals surface area contributed by atoms with Crippen LogP contribution in [0.4, 0.5) is 0 Å². The Morgan fingerprint density at radius 2 is 1.86 bits per heavy atom. The molecule has 11 heteroatoms. The standard InChI is InChI=1S/C32H47BrO10/c1-9-24(39-8)21(5)27(33)30-29(42-31(37)43-30)19(3)12-10-11-18(2)28-20(4)13-14-25(40-22(6)34)32(7,38)16-15-23(35)17-26(36)41-28/h10-14,19-21,23-25,27-28,35,38H,9,15-17H2,1-8H3/b12-10+,14-13+,18-11+. The predicted octanol–water partition coefficient (Wildman–Crippen LogP) is 5.67. The number of carbonyl (C=O) groups excluding carboxylic acids is 2. The van der Waals surface area contributed by atoms with E-state index in [0.29, 0.717) is 17.1 Å². The molecule has 2 rings (SSSR count). The van der Waals surface area contributed by atoms with Gasteiger partial charge in [-0.25, -0.2) is 4.79 Å². The highest BCUT2D eigenvalue weighted by molar-refractivity contribution is 9.09. The van der Waals surface area contributed by atoms with Crippen molar-refractivity contribution in [3.8, 4) is 0 Å². The lowest BCUT2D eigenvalue weighted by Crippen LogP contribution is -2.42. The summed E-state index contributed by atoms with van der Waals surface area (Å²) in [6.45, 7) is 12.4. The van der Waals surface area contributed by atoms with Crippen molar-refractivity contribution < 1.29 is 42.8 Å². The number of hydrogen-bond donors (Lipinski definition) is 2. The predicted molar refractivity (Wildman–Crippen MR) is 165 cm³/mol. The molecule has 9 unspecified atom stereocenters. The van der Waals surface area contributed by atoms with Gasteiger partial charge in [-0.15, -0.1) is 0 Å². The van der Waals surface area contributed by atoms with Crippen LogP contribution in [0.2, 0.25) is 0 Å². The molecule has 1 aromatic heterocycles. The molecule has 1 aromatic rings. The maximum atomic E-state index is 12.7. The average Bonchev–Trinajstić information content (AvgIpc) is 3.33. The Labute approximate surface area is 262 Å². The molecular weight excluding hydrogens is 624 g/mol. The van der Waals surface area contributed by atoms with Crippen molar-refractivity contribution in [3.05, 3.63) is 58.1 Å². The van der Waals surface area contributed by atoms with Gasteiger partial charge in [-0.05, 0) is 44.8 Å². The highest BCUT2D eigenvalue weighted by atomic mass is 79.9. The summed E-state index contributed by atoms with van der Waals surface area (Å²) in [4.78, 5) is 36.2. The summed E-state index contributed by atoms with van der Waals surface area (Å²) in [6.07, 6.45) is 6.83. The summed E-state index contributed by atoms with van der Waals surface area (Å²) < 4.78 is 27.6. The van der Waals surface area contributed by atoms with E-state index in [9.17, 15) is 24.6 Å². The molecule has 0 saturated heterocycles. The summed E-state index contributed by atoms with van der Waals surface area (Å²) in [5.74, 6) is -1.77. The molecule has 2 heterocycles. The number of aliphatic hydroxyl groups excluding tert-OH is 1. The second kappa shape index (κ2) is 16.6. The number of aliphatic hydroxyl groups is 2. The minimum absolute atomic E-state index is 0.000747. The SMILES string of the molecule is CCC(OC)C(C)C(Br)c1oc(=O)oc1C(C)/C=C/C=C(\C)C1OC(=O)CC(O)CCC(C)(O)C(OC(C)=O)/C=C/C1C. The molecule has 10 nitrogen and oxygen atoms in total. The summed E-state index contributed by atoms with van der Waals surface area (Å²) >= 11 is 3.66. The van der Waals surface area contributed by atoms with Crippen LogP contribution in [0.15, 0.2) is 49.6 Å². The molecule has 0 bridgehead atoms. The van der Waals surface area contributed by atoms with Crippen LogP contribution in [0.25, 0.3) is 0 Å². The van der Waals surface area contributed by atoms with Gasteiger partial charge in [0, 0.05) is 31.8 Å². The van der Waals surface area contributed by atoms with Crippen LogP contribution in [-0.2, 0) is 23.8 Å². The van der Waals surface area contributed by atoms with E-state index in [1.165, 1.54) is 13.8 Å². The lowest BCUT2D eigenvalue weighted by molar-refractivity contribution is -0.157. The van der Waals surface area contributed by atoms with Crippen molar-refractivity contribution in [2.75, 3.05) is 7.11 Å². The monoisotopic (exact) mass is 670 g/mol. The van der Waals surface area contributed by atoms with E-state index < -0.39 is 41.7 Å². The molecule has 242 valence electrons. The van der Waals surface area contributed by atoms with Crippen LogP contribution in [0.3, 0.4) is 0 Å². The van der Waals surface area contributed by atoms with Crippen LogP contribution in [-0.4, -0.2) is 59.3 Å². The van der Waals surface area contributed by atoms with Gasteiger partial charge < -0.3 is 33.3 Å².